The second kappa shape index (κ2) is 14.5. The molecule has 0 aliphatic heterocycles. The maximum atomic E-state index is 12.0. The van der Waals surface area contributed by atoms with E-state index in [-0.39, 0.29) is 30.1 Å². The zero-order chi connectivity index (χ0) is 25.0. The normalized spacial score (nSPS) is 22.0. The van der Waals surface area contributed by atoms with E-state index in [0.717, 1.165) is 12.8 Å². The van der Waals surface area contributed by atoms with Gasteiger partial charge in [-0.3, -0.25) is 4.79 Å². The first-order valence-electron chi connectivity index (χ1n) is 10.3. The molecule has 1 rings (SSSR count). The molecule has 0 aromatic carbocycles. The Morgan fingerprint density at radius 3 is 1.97 bits per heavy atom. The standard InChI is InChI=1S/C16H28N2O4.C4H6O6/c1-5-12(6-2)22-14-9-11(16(20)21-7-3)8-13(17)15(14)18-10(4)19;5-1(3(7)8)2(6)4(9)10/h9,12-15H,5-8,17H2,1-4H3,(H,18,19);1-2,5-6H,(H,7,8)(H,9,10)/t13-,14+,15+;/m0./s1. The topological polar surface area (TPSA) is 206 Å². The van der Waals surface area contributed by atoms with E-state index in [2.05, 4.69) is 5.32 Å². The first-order valence-corrected chi connectivity index (χ1v) is 10.3. The van der Waals surface area contributed by atoms with Gasteiger partial charge in [-0.15, -0.1) is 0 Å². The lowest BCUT2D eigenvalue weighted by Gasteiger charge is -2.36. The van der Waals surface area contributed by atoms with E-state index in [4.69, 9.17) is 35.6 Å². The summed E-state index contributed by atoms with van der Waals surface area (Å²) >= 11 is 0. The first kappa shape index (κ1) is 29.5. The minimum absolute atomic E-state index is 0.0613. The van der Waals surface area contributed by atoms with Crippen LogP contribution in [0.3, 0.4) is 0 Å². The molecule has 1 aliphatic rings. The fourth-order valence-electron chi connectivity index (χ4n) is 2.89. The van der Waals surface area contributed by atoms with Crippen LogP contribution in [0, 0.1) is 0 Å². The van der Waals surface area contributed by atoms with Crippen molar-refractivity contribution < 1.29 is 49.1 Å². The SMILES string of the molecule is CCOC(=O)C1=C[C@@H](OC(CC)CC)[C@H](NC(C)=O)[C@@H](N)C1.O=C(O)C(O)C(O)C(=O)O. The molecule has 12 nitrogen and oxygen atoms in total. The van der Waals surface area contributed by atoms with E-state index in [1.807, 2.05) is 13.8 Å². The van der Waals surface area contributed by atoms with Crippen molar-refractivity contribution >= 4 is 23.8 Å². The van der Waals surface area contributed by atoms with Gasteiger partial charge in [0.05, 0.1) is 24.9 Å². The lowest BCUT2D eigenvalue weighted by atomic mass is 9.88. The number of ether oxygens (including phenoxy) is 2. The Hall–Kier alpha value is -2.54. The molecule has 0 radical (unpaired) electrons. The number of carbonyl (C=O) groups is 4. The number of aliphatic hydroxyl groups excluding tert-OH is 2. The molecule has 12 heteroatoms. The second-order valence-electron chi connectivity index (χ2n) is 7.11. The van der Waals surface area contributed by atoms with Crippen LogP contribution in [0.15, 0.2) is 11.6 Å². The molecule has 0 spiro atoms. The molecule has 1 aliphatic carbocycles. The molecule has 0 heterocycles. The van der Waals surface area contributed by atoms with Gasteiger partial charge in [0.2, 0.25) is 5.91 Å². The number of aliphatic carboxylic acids is 2. The molecular weight excluding hydrogens is 428 g/mol. The number of nitrogens with one attached hydrogen (secondary N) is 1. The van der Waals surface area contributed by atoms with Crippen LogP contribution in [-0.2, 0) is 28.7 Å². The summed E-state index contributed by atoms with van der Waals surface area (Å²) in [6.07, 6.45) is -1.06. The number of carbonyl (C=O) groups excluding carboxylic acids is 2. The molecule has 0 saturated heterocycles. The number of hydrogen-bond donors (Lipinski definition) is 6. The molecular formula is C20H34N2O10. The van der Waals surface area contributed by atoms with Crippen LogP contribution in [0.1, 0.15) is 47.0 Å². The monoisotopic (exact) mass is 462 g/mol. The number of carboxylic acids is 2. The lowest BCUT2D eigenvalue weighted by molar-refractivity contribution is -0.165. The Bertz CT molecular complexity index is 659. The summed E-state index contributed by atoms with van der Waals surface area (Å²) in [7, 11) is 0. The molecule has 7 N–H and O–H groups in total. The predicted molar refractivity (Wildman–Crippen MR) is 111 cm³/mol. The largest absolute Gasteiger partial charge is 0.479 e. The minimum atomic E-state index is -2.27. The van der Waals surface area contributed by atoms with Gasteiger partial charge in [-0.2, -0.15) is 0 Å². The number of amides is 1. The highest BCUT2D eigenvalue weighted by molar-refractivity contribution is 5.89. The zero-order valence-electron chi connectivity index (χ0n) is 18.7. The maximum absolute atomic E-state index is 12.0. The first-order chi connectivity index (χ1) is 14.9. The van der Waals surface area contributed by atoms with Crippen molar-refractivity contribution in [1.29, 1.82) is 0 Å². The minimum Gasteiger partial charge on any atom is -0.479 e. The Morgan fingerprint density at radius 1 is 1.09 bits per heavy atom. The Morgan fingerprint density at radius 2 is 1.59 bits per heavy atom. The van der Waals surface area contributed by atoms with Gasteiger partial charge in [-0.25, -0.2) is 14.4 Å². The van der Waals surface area contributed by atoms with Crippen molar-refractivity contribution in [2.24, 2.45) is 5.73 Å². The molecule has 2 unspecified atom stereocenters. The molecule has 5 atom stereocenters. The van der Waals surface area contributed by atoms with E-state index in [9.17, 15) is 19.2 Å². The van der Waals surface area contributed by atoms with Crippen molar-refractivity contribution in [3.05, 3.63) is 11.6 Å². The fourth-order valence-corrected chi connectivity index (χ4v) is 2.89. The van der Waals surface area contributed by atoms with Crippen LogP contribution < -0.4 is 11.1 Å². The Kier molecular flexibility index (Phi) is 13.4. The number of aliphatic hydroxyl groups is 2. The summed E-state index contributed by atoms with van der Waals surface area (Å²) < 4.78 is 11.1. The van der Waals surface area contributed by atoms with E-state index < -0.39 is 30.3 Å². The van der Waals surface area contributed by atoms with Crippen LogP contribution in [-0.4, -0.2) is 87.3 Å². The van der Waals surface area contributed by atoms with Gasteiger partial charge in [-0.05, 0) is 32.3 Å². The maximum Gasteiger partial charge on any atom is 0.335 e. The molecule has 0 bridgehead atoms. The van der Waals surface area contributed by atoms with Crippen molar-refractivity contribution in [1.82, 2.24) is 5.32 Å². The third kappa shape index (κ3) is 9.73. The van der Waals surface area contributed by atoms with E-state index >= 15 is 0 Å². The fraction of sp³-hybridized carbons (Fsp3) is 0.700. The summed E-state index contributed by atoms with van der Waals surface area (Å²) in [5.74, 6) is -4.06. The number of carboxylic acid groups (broad SMARTS) is 2. The zero-order valence-corrected chi connectivity index (χ0v) is 18.7. The van der Waals surface area contributed by atoms with Gasteiger partial charge < -0.3 is 41.0 Å². The highest BCUT2D eigenvalue weighted by atomic mass is 16.5. The highest BCUT2D eigenvalue weighted by Crippen LogP contribution is 2.24. The van der Waals surface area contributed by atoms with Gasteiger partial charge in [0.1, 0.15) is 0 Å². The summed E-state index contributed by atoms with van der Waals surface area (Å²) in [5, 5.41) is 35.4. The van der Waals surface area contributed by atoms with Crippen LogP contribution in [0.4, 0.5) is 0 Å². The van der Waals surface area contributed by atoms with Gasteiger partial charge in [0.15, 0.2) is 12.2 Å². The molecule has 0 fully saturated rings. The average molecular weight is 462 g/mol. The third-order valence-electron chi connectivity index (χ3n) is 4.61. The number of hydrogen-bond acceptors (Lipinski definition) is 9. The van der Waals surface area contributed by atoms with Gasteiger partial charge in [0.25, 0.3) is 0 Å². The molecule has 32 heavy (non-hydrogen) atoms. The smallest absolute Gasteiger partial charge is 0.335 e. The number of esters is 1. The molecule has 184 valence electrons. The van der Waals surface area contributed by atoms with Crippen LogP contribution in [0.5, 0.6) is 0 Å². The van der Waals surface area contributed by atoms with Gasteiger partial charge in [-0.1, -0.05) is 13.8 Å². The number of rotatable bonds is 10. The molecule has 0 saturated carbocycles. The lowest BCUT2D eigenvalue weighted by Crippen LogP contribution is -2.57. The molecule has 0 aromatic rings. The summed E-state index contributed by atoms with van der Waals surface area (Å²) in [6, 6.07) is -0.719. The van der Waals surface area contributed by atoms with Crippen molar-refractivity contribution in [3.8, 4) is 0 Å². The van der Waals surface area contributed by atoms with Gasteiger partial charge in [0, 0.05) is 18.5 Å². The van der Waals surface area contributed by atoms with E-state index in [1.54, 1.807) is 13.0 Å². The van der Waals surface area contributed by atoms with Gasteiger partial charge >= 0.3 is 17.9 Å². The van der Waals surface area contributed by atoms with Crippen LogP contribution >= 0.6 is 0 Å². The van der Waals surface area contributed by atoms with E-state index in [1.165, 1.54) is 6.92 Å². The predicted octanol–water partition coefficient (Wildman–Crippen LogP) is -0.837. The van der Waals surface area contributed by atoms with Crippen LogP contribution in [0.25, 0.3) is 0 Å². The molecule has 0 aromatic heterocycles. The second-order valence-corrected chi connectivity index (χ2v) is 7.11. The quantitative estimate of drug-likeness (QED) is 0.221. The Balaban J connectivity index is 0.000000809. The Labute approximate surface area is 186 Å². The summed E-state index contributed by atoms with van der Waals surface area (Å²) in [5.41, 5.74) is 6.68. The highest BCUT2D eigenvalue weighted by Gasteiger charge is 2.35. The van der Waals surface area contributed by atoms with Crippen molar-refractivity contribution in [2.45, 2.75) is 83.5 Å². The van der Waals surface area contributed by atoms with Crippen molar-refractivity contribution in [2.75, 3.05) is 6.61 Å². The van der Waals surface area contributed by atoms with Crippen LogP contribution in [0.2, 0.25) is 0 Å². The van der Waals surface area contributed by atoms with E-state index in [0.29, 0.717) is 18.6 Å². The number of nitrogens with two attached hydrogens (primary N) is 1. The van der Waals surface area contributed by atoms with Crippen molar-refractivity contribution in [3.63, 3.8) is 0 Å². The third-order valence-corrected chi connectivity index (χ3v) is 4.61. The molecule has 1 amide bonds. The summed E-state index contributed by atoms with van der Waals surface area (Å²) in [6.45, 7) is 7.62. The average Bonchev–Trinajstić information content (AvgIpc) is 2.72. The summed E-state index contributed by atoms with van der Waals surface area (Å²) in [4.78, 5) is 42.9.